The lowest BCUT2D eigenvalue weighted by atomic mass is 9.97. The summed E-state index contributed by atoms with van der Waals surface area (Å²) < 4.78 is 0. The topological polar surface area (TPSA) is 49.3 Å². The molecular formula is C17H28N4S. The molecule has 0 fully saturated rings. The molecule has 0 spiro atoms. The Labute approximate surface area is 138 Å². The molecule has 1 aromatic heterocycles. The molecule has 1 aliphatic rings. The molecule has 5 heteroatoms. The van der Waals surface area contributed by atoms with Crippen LogP contribution in [0.5, 0.6) is 0 Å². The Hall–Kier alpha value is -1.36. The highest BCUT2D eigenvalue weighted by Gasteiger charge is 2.04. The first-order valence-electron chi connectivity index (χ1n) is 8.37. The third-order valence-corrected chi connectivity index (χ3v) is 4.96. The summed E-state index contributed by atoms with van der Waals surface area (Å²) in [6, 6.07) is 0. The zero-order valence-electron chi connectivity index (χ0n) is 13.8. The van der Waals surface area contributed by atoms with E-state index in [0.29, 0.717) is 0 Å². The number of nitrogens with one attached hydrogen (secondary N) is 2. The number of hydrogen-bond acceptors (Lipinski definition) is 3. The maximum atomic E-state index is 4.59. The van der Waals surface area contributed by atoms with Gasteiger partial charge in [0, 0.05) is 31.9 Å². The molecule has 0 amide bonds. The Balaban J connectivity index is 1.63. The van der Waals surface area contributed by atoms with Crippen LogP contribution in [0.15, 0.2) is 22.0 Å². The van der Waals surface area contributed by atoms with Crippen molar-refractivity contribution in [3.05, 3.63) is 27.7 Å². The number of allylic oxidation sites excluding steroid dienone is 1. The zero-order valence-corrected chi connectivity index (χ0v) is 14.6. The van der Waals surface area contributed by atoms with Crippen molar-refractivity contribution in [2.45, 2.75) is 51.9 Å². The quantitative estimate of drug-likeness (QED) is 0.460. The zero-order chi connectivity index (χ0) is 15.6. The summed E-state index contributed by atoms with van der Waals surface area (Å²) in [5.74, 6) is 0.891. The van der Waals surface area contributed by atoms with E-state index >= 15 is 0 Å². The highest BCUT2D eigenvalue weighted by molar-refractivity contribution is 7.09. The first-order chi connectivity index (χ1) is 10.8. The van der Waals surface area contributed by atoms with E-state index in [9.17, 15) is 0 Å². The first kappa shape index (κ1) is 17.0. The van der Waals surface area contributed by atoms with Crippen molar-refractivity contribution in [3.8, 4) is 0 Å². The fourth-order valence-electron chi connectivity index (χ4n) is 2.63. The Morgan fingerprint density at radius 3 is 2.73 bits per heavy atom. The number of aromatic nitrogens is 1. The summed E-state index contributed by atoms with van der Waals surface area (Å²) in [4.78, 5) is 8.87. The Morgan fingerprint density at radius 1 is 1.27 bits per heavy atom. The van der Waals surface area contributed by atoms with Crippen LogP contribution in [0.25, 0.3) is 0 Å². The van der Waals surface area contributed by atoms with Crippen LogP contribution in [0.1, 0.15) is 49.7 Å². The van der Waals surface area contributed by atoms with Gasteiger partial charge in [0.1, 0.15) is 0 Å². The molecule has 0 atom stereocenters. The van der Waals surface area contributed by atoms with Crippen molar-refractivity contribution in [1.29, 1.82) is 0 Å². The van der Waals surface area contributed by atoms with Crippen LogP contribution in [0.3, 0.4) is 0 Å². The van der Waals surface area contributed by atoms with Crippen molar-refractivity contribution in [2.75, 3.05) is 20.1 Å². The normalized spacial score (nSPS) is 15.5. The minimum absolute atomic E-state index is 0.870. The molecule has 0 aliphatic heterocycles. The maximum Gasteiger partial charge on any atom is 0.190 e. The Bertz CT molecular complexity index is 505. The summed E-state index contributed by atoms with van der Waals surface area (Å²) >= 11 is 1.75. The molecule has 0 radical (unpaired) electrons. The largest absolute Gasteiger partial charge is 0.356 e. The van der Waals surface area contributed by atoms with Gasteiger partial charge in [-0.2, -0.15) is 0 Å². The van der Waals surface area contributed by atoms with Gasteiger partial charge in [0.05, 0.1) is 10.7 Å². The van der Waals surface area contributed by atoms with E-state index in [1.807, 2.05) is 7.05 Å². The second-order valence-corrected chi connectivity index (χ2v) is 6.56. The van der Waals surface area contributed by atoms with E-state index < -0.39 is 0 Å². The van der Waals surface area contributed by atoms with Gasteiger partial charge in [0.15, 0.2) is 5.96 Å². The van der Waals surface area contributed by atoms with Crippen LogP contribution in [-0.2, 0) is 12.8 Å². The summed E-state index contributed by atoms with van der Waals surface area (Å²) in [5, 5.41) is 10.1. The van der Waals surface area contributed by atoms with Gasteiger partial charge in [-0.05, 0) is 38.5 Å². The molecule has 2 rings (SSSR count). The molecule has 0 aromatic carbocycles. The predicted molar refractivity (Wildman–Crippen MR) is 95.7 cm³/mol. The first-order valence-corrected chi connectivity index (χ1v) is 9.25. The SMILES string of the molecule is CCc1nc(CCNC(=NC)NCCC2=CCCCC2)cs1. The van der Waals surface area contributed by atoms with Crippen LogP contribution >= 0.6 is 11.3 Å². The van der Waals surface area contributed by atoms with Gasteiger partial charge >= 0.3 is 0 Å². The van der Waals surface area contributed by atoms with Gasteiger partial charge in [0.2, 0.25) is 0 Å². The number of aliphatic imine (C=N–C) groups is 1. The molecule has 1 heterocycles. The smallest absolute Gasteiger partial charge is 0.190 e. The van der Waals surface area contributed by atoms with E-state index in [4.69, 9.17) is 0 Å². The minimum atomic E-state index is 0.870. The highest BCUT2D eigenvalue weighted by atomic mass is 32.1. The molecule has 1 aliphatic carbocycles. The average Bonchev–Trinajstić information content (AvgIpc) is 3.02. The van der Waals surface area contributed by atoms with Gasteiger partial charge in [0.25, 0.3) is 0 Å². The third kappa shape index (κ3) is 5.79. The maximum absolute atomic E-state index is 4.59. The van der Waals surface area contributed by atoms with Gasteiger partial charge in [-0.25, -0.2) is 4.98 Å². The van der Waals surface area contributed by atoms with Crippen LogP contribution < -0.4 is 10.6 Å². The van der Waals surface area contributed by atoms with Crippen molar-refractivity contribution in [2.24, 2.45) is 4.99 Å². The molecule has 0 saturated heterocycles. The van der Waals surface area contributed by atoms with Gasteiger partial charge in [-0.3, -0.25) is 4.99 Å². The van der Waals surface area contributed by atoms with Crippen molar-refractivity contribution in [1.82, 2.24) is 15.6 Å². The van der Waals surface area contributed by atoms with E-state index in [0.717, 1.165) is 38.3 Å². The molecular weight excluding hydrogens is 292 g/mol. The summed E-state index contributed by atoms with van der Waals surface area (Å²) in [6.07, 6.45) is 10.8. The van der Waals surface area contributed by atoms with E-state index in [1.165, 1.54) is 36.4 Å². The monoisotopic (exact) mass is 320 g/mol. The van der Waals surface area contributed by atoms with Crippen LogP contribution in [0.4, 0.5) is 0 Å². The standard InChI is InChI=1S/C17H28N4S/c1-3-16-21-15(13-22-16)10-12-20-17(18-2)19-11-9-14-7-5-4-6-8-14/h7,13H,3-6,8-12H2,1-2H3,(H2,18,19,20). The van der Waals surface area contributed by atoms with Gasteiger partial charge in [-0.1, -0.05) is 18.6 Å². The number of rotatable bonds is 7. The molecule has 1 aromatic rings. The number of aryl methyl sites for hydroxylation is 1. The number of nitrogens with zero attached hydrogens (tertiary/aromatic N) is 2. The molecule has 0 unspecified atom stereocenters. The predicted octanol–water partition coefficient (Wildman–Crippen LogP) is 3.30. The number of guanidine groups is 1. The summed E-state index contributed by atoms with van der Waals surface area (Å²) in [5.41, 5.74) is 2.78. The number of hydrogen-bond donors (Lipinski definition) is 2. The highest BCUT2D eigenvalue weighted by Crippen LogP contribution is 2.19. The lowest BCUT2D eigenvalue weighted by Crippen LogP contribution is -2.38. The van der Waals surface area contributed by atoms with Crippen molar-refractivity contribution in [3.63, 3.8) is 0 Å². The van der Waals surface area contributed by atoms with E-state index in [-0.39, 0.29) is 0 Å². The van der Waals surface area contributed by atoms with Crippen molar-refractivity contribution < 1.29 is 0 Å². The summed E-state index contributed by atoms with van der Waals surface area (Å²) in [6.45, 7) is 3.98. The van der Waals surface area contributed by atoms with Crippen molar-refractivity contribution >= 4 is 17.3 Å². The van der Waals surface area contributed by atoms with Gasteiger partial charge < -0.3 is 10.6 Å². The molecule has 0 saturated carbocycles. The number of thiazole rings is 1. The van der Waals surface area contributed by atoms with Crippen LogP contribution in [0, 0.1) is 0 Å². The van der Waals surface area contributed by atoms with Crippen LogP contribution in [0.2, 0.25) is 0 Å². The Kier molecular flexibility index (Phi) is 7.43. The van der Waals surface area contributed by atoms with E-state index in [1.54, 1.807) is 16.9 Å². The van der Waals surface area contributed by atoms with Crippen LogP contribution in [-0.4, -0.2) is 31.1 Å². The van der Waals surface area contributed by atoms with Gasteiger partial charge in [-0.15, -0.1) is 11.3 Å². The molecule has 122 valence electrons. The lowest BCUT2D eigenvalue weighted by molar-refractivity contribution is 0.665. The third-order valence-electron chi connectivity index (χ3n) is 3.92. The average molecular weight is 321 g/mol. The molecule has 4 nitrogen and oxygen atoms in total. The van der Waals surface area contributed by atoms with E-state index in [2.05, 4.69) is 39.0 Å². The summed E-state index contributed by atoms with van der Waals surface area (Å²) in [7, 11) is 1.83. The molecule has 2 N–H and O–H groups in total. The molecule has 0 bridgehead atoms. The fourth-order valence-corrected chi connectivity index (χ4v) is 3.41. The Morgan fingerprint density at radius 2 is 2.09 bits per heavy atom. The minimum Gasteiger partial charge on any atom is -0.356 e. The molecule has 22 heavy (non-hydrogen) atoms. The lowest BCUT2D eigenvalue weighted by Gasteiger charge is -2.15. The second-order valence-electron chi connectivity index (χ2n) is 5.62. The fraction of sp³-hybridized carbons (Fsp3) is 0.647. The second kappa shape index (κ2) is 9.62.